The molecule has 1 atom stereocenters. The van der Waals surface area contributed by atoms with Crippen LogP contribution in [0.3, 0.4) is 0 Å². The third-order valence-corrected chi connectivity index (χ3v) is 15.2. The van der Waals surface area contributed by atoms with Crippen molar-refractivity contribution < 1.29 is 49.5 Å². The molecule has 0 radical (unpaired) electrons. The molecule has 8 rings (SSSR count). The van der Waals surface area contributed by atoms with Crippen LogP contribution in [0, 0.1) is 11.8 Å². The Bertz CT molecular complexity index is 3470. The molecule has 75 heavy (non-hydrogen) atoms. The van der Waals surface area contributed by atoms with Gasteiger partial charge in [-0.05, 0) is 75.7 Å². The van der Waals surface area contributed by atoms with Crippen LogP contribution < -0.4 is 24.9 Å². The molecule has 0 bridgehead atoms. The summed E-state index contributed by atoms with van der Waals surface area (Å²) >= 11 is 0. The standard InChI is InChI=1S/C55H61N7O11S2/c1-5-60(6-2)43-19-22-47-51(34-43)72-52-35-44(61(7-3)8-4)20-23-48(52)54(47)49-24-21-45(36-53(49)75(66,67)68)74(64,65)57-25-27-69-29-31-71-32-30-70-28-26-62-38-42(58-59-62)37-56-55(63)73-50-33-41-15-10-9-13-39(41)17-18-40-14-11-12-16-46(40)50/h9-16,19-24,34-36,38,50,57H,5-8,25-33,37H2,1-4H3,(H-,56,63,66,67,68)/p+1. The van der Waals surface area contributed by atoms with Gasteiger partial charge < -0.3 is 33.6 Å². The van der Waals surface area contributed by atoms with Crippen molar-refractivity contribution in [1.82, 2.24) is 29.6 Å². The van der Waals surface area contributed by atoms with Crippen LogP contribution in [0.25, 0.3) is 33.4 Å². The number of hydrogen-bond acceptors (Lipinski definition) is 13. The highest BCUT2D eigenvalue weighted by atomic mass is 32.2. The smallest absolute Gasteiger partial charge is 0.408 e. The van der Waals surface area contributed by atoms with Gasteiger partial charge in [0.2, 0.25) is 15.4 Å². The van der Waals surface area contributed by atoms with Crippen molar-refractivity contribution in [2.75, 3.05) is 77.3 Å². The molecule has 3 aliphatic rings. The van der Waals surface area contributed by atoms with Crippen LogP contribution in [0.15, 0.2) is 124 Å². The SMILES string of the molecule is CCN(CC)c1ccc2c(-c3ccc(S(=O)(=O)NCCOCCOCCOCCn4cc(CNC(=O)OC5Cc6ccccc6C#Cc6ccccc65)nn4)cc3S(=O)(=O)O)c3ccc(=[N+](CC)CC)cc-3oc2c1. The second-order valence-electron chi connectivity index (χ2n) is 17.5. The lowest BCUT2D eigenvalue weighted by atomic mass is 9.92. The molecule has 0 saturated heterocycles. The molecule has 1 amide bonds. The number of carbonyl (C=O) groups excluding carboxylic acids is 1. The van der Waals surface area contributed by atoms with Crippen molar-refractivity contribution in [3.05, 3.63) is 143 Å². The highest BCUT2D eigenvalue weighted by Gasteiger charge is 2.28. The van der Waals surface area contributed by atoms with Crippen LogP contribution in [-0.2, 0) is 58.6 Å². The number of hydrogen-bond donors (Lipinski definition) is 3. The topological polar surface area (TPSA) is 217 Å². The first-order valence-electron chi connectivity index (χ1n) is 25.0. The zero-order valence-corrected chi connectivity index (χ0v) is 44.1. The van der Waals surface area contributed by atoms with Crippen molar-refractivity contribution in [1.29, 1.82) is 0 Å². The molecule has 3 N–H and O–H groups in total. The lowest BCUT2D eigenvalue weighted by molar-refractivity contribution is 0.0138. The van der Waals surface area contributed by atoms with E-state index in [0.717, 1.165) is 65.5 Å². The fraction of sp³-hybridized carbons (Fsp3) is 0.345. The lowest BCUT2D eigenvalue weighted by Crippen LogP contribution is -2.29. The monoisotopic (exact) mass is 1060 g/mol. The number of benzene rings is 5. The Hall–Kier alpha value is -6.96. The van der Waals surface area contributed by atoms with Gasteiger partial charge in [-0.25, -0.2) is 27.2 Å². The van der Waals surface area contributed by atoms with Crippen LogP contribution in [0.1, 0.15) is 61.7 Å². The Kier molecular flexibility index (Phi) is 18.1. The van der Waals surface area contributed by atoms with Gasteiger partial charge in [0.05, 0.1) is 69.9 Å². The molecular weight excluding hydrogens is 999 g/mol. The quantitative estimate of drug-likeness (QED) is 0.0190. The van der Waals surface area contributed by atoms with Gasteiger partial charge in [0.1, 0.15) is 41.1 Å². The van der Waals surface area contributed by atoms with Gasteiger partial charge in [-0.15, -0.1) is 5.10 Å². The Morgan fingerprint density at radius 3 is 2.25 bits per heavy atom. The first-order valence-corrected chi connectivity index (χ1v) is 27.9. The molecule has 5 aromatic rings. The Labute approximate surface area is 437 Å². The fourth-order valence-corrected chi connectivity index (χ4v) is 10.8. The largest absolute Gasteiger partial charge is 0.456 e. The zero-order chi connectivity index (χ0) is 53.0. The maximum absolute atomic E-state index is 13.5. The van der Waals surface area contributed by atoms with Gasteiger partial charge in [-0.2, -0.15) is 8.42 Å². The number of fused-ring (bicyclic) bond motifs is 4. The molecule has 1 aromatic heterocycles. The molecule has 0 spiro atoms. The second kappa shape index (κ2) is 25.0. The first kappa shape index (κ1) is 54.3. The van der Waals surface area contributed by atoms with Gasteiger partial charge in [-0.3, -0.25) is 4.55 Å². The van der Waals surface area contributed by atoms with E-state index in [-0.39, 0.29) is 43.4 Å². The summed E-state index contributed by atoms with van der Waals surface area (Å²) in [6.07, 6.45) is 1.11. The Morgan fingerprint density at radius 1 is 0.813 bits per heavy atom. The number of rotatable bonds is 24. The molecule has 0 fully saturated rings. The van der Waals surface area contributed by atoms with E-state index in [0.29, 0.717) is 66.3 Å². The molecule has 20 heteroatoms. The third-order valence-electron chi connectivity index (χ3n) is 12.8. The summed E-state index contributed by atoms with van der Waals surface area (Å²) in [7, 11) is -9.20. The molecule has 1 aliphatic heterocycles. The van der Waals surface area contributed by atoms with E-state index in [1.807, 2.05) is 84.9 Å². The summed E-state index contributed by atoms with van der Waals surface area (Å²) in [6, 6.07) is 30.6. The van der Waals surface area contributed by atoms with E-state index >= 15 is 0 Å². The van der Waals surface area contributed by atoms with Crippen molar-refractivity contribution in [3.63, 3.8) is 0 Å². The Morgan fingerprint density at radius 2 is 1.51 bits per heavy atom. The Balaban J connectivity index is 0.776. The second-order valence-corrected chi connectivity index (χ2v) is 20.6. The van der Waals surface area contributed by atoms with Crippen LogP contribution >= 0.6 is 0 Å². The normalized spacial score (nSPS) is 13.3. The summed E-state index contributed by atoms with van der Waals surface area (Å²) in [5, 5.41) is 12.5. The minimum atomic E-state index is -4.95. The zero-order valence-electron chi connectivity index (χ0n) is 42.5. The van der Waals surface area contributed by atoms with E-state index in [4.69, 9.17) is 23.4 Å². The van der Waals surface area contributed by atoms with Crippen molar-refractivity contribution in [3.8, 4) is 34.3 Å². The summed E-state index contributed by atoms with van der Waals surface area (Å²) in [6.45, 7) is 13.0. The number of nitrogens with one attached hydrogen (secondary N) is 2. The number of aromatic nitrogens is 3. The summed E-state index contributed by atoms with van der Waals surface area (Å²) in [5.41, 5.74) is 6.72. The third kappa shape index (κ3) is 13.5. The predicted molar refractivity (Wildman–Crippen MR) is 284 cm³/mol. The maximum Gasteiger partial charge on any atom is 0.408 e. The highest BCUT2D eigenvalue weighted by Crippen LogP contribution is 2.43. The van der Waals surface area contributed by atoms with Gasteiger partial charge in [-0.1, -0.05) is 59.5 Å². The van der Waals surface area contributed by atoms with Crippen LogP contribution in [0.2, 0.25) is 0 Å². The minimum Gasteiger partial charge on any atom is -0.456 e. The van der Waals surface area contributed by atoms with E-state index < -0.39 is 37.2 Å². The number of nitrogens with zero attached hydrogens (tertiary/aromatic N) is 5. The number of anilines is 1. The van der Waals surface area contributed by atoms with Gasteiger partial charge >= 0.3 is 6.09 Å². The molecule has 1 unspecified atom stereocenters. The van der Waals surface area contributed by atoms with Gasteiger partial charge in [0.15, 0.2) is 0 Å². The number of amides is 1. The van der Waals surface area contributed by atoms with E-state index in [1.165, 1.54) is 12.1 Å². The number of sulfonamides is 1. The lowest BCUT2D eigenvalue weighted by Gasteiger charge is -2.22. The molecule has 18 nitrogen and oxygen atoms in total. The molecular formula is C55H62N7O11S2+. The fourth-order valence-electron chi connectivity index (χ4n) is 8.97. The average Bonchev–Trinajstić information content (AvgIpc) is 3.86. The molecule has 4 aromatic carbocycles. The van der Waals surface area contributed by atoms with Crippen molar-refractivity contribution >= 4 is 42.9 Å². The summed E-state index contributed by atoms with van der Waals surface area (Å²) in [5.74, 6) is 6.94. The number of alkyl carbamates (subject to hydrolysis) is 1. The molecule has 0 saturated carbocycles. The molecule has 2 heterocycles. The summed E-state index contributed by atoms with van der Waals surface area (Å²) in [4.78, 5) is 14.2. The minimum absolute atomic E-state index is 0.00901. The van der Waals surface area contributed by atoms with Crippen LogP contribution in [0.5, 0.6) is 0 Å². The maximum atomic E-state index is 13.5. The van der Waals surface area contributed by atoms with Gasteiger partial charge in [0, 0.05) is 82.6 Å². The number of ether oxygens (including phenoxy) is 4. The summed E-state index contributed by atoms with van der Waals surface area (Å²) < 4.78 is 99.4. The van der Waals surface area contributed by atoms with E-state index in [9.17, 15) is 26.2 Å². The molecule has 394 valence electrons. The van der Waals surface area contributed by atoms with E-state index in [1.54, 1.807) is 10.9 Å². The van der Waals surface area contributed by atoms with Gasteiger partial charge in [0.25, 0.3) is 10.1 Å². The van der Waals surface area contributed by atoms with Crippen LogP contribution in [0.4, 0.5) is 10.5 Å². The van der Waals surface area contributed by atoms with E-state index in [2.05, 4.69) is 69.4 Å². The number of carbonyl (C=O) groups is 1. The molecule has 2 aliphatic carbocycles. The first-order chi connectivity index (χ1) is 36.3. The van der Waals surface area contributed by atoms with Crippen molar-refractivity contribution in [2.45, 2.75) is 63.1 Å². The van der Waals surface area contributed by atoms with Crippen molar-refractivity contribution in [2.24, 2.45) is 0 Å². The average molecular weight is 1060 g/mol. The predicted octanol–water partition coefficient (Wildman–Crippen LogP) is 6.65. The highest BCUT2D eigenvalue weighted by molar-refractivity contribution is 7.89. The van der Waals surface area contributed by atoms with Crippen LogP contribution in [-0.4, -0.2) is 115 Å².